The van der Waals surface area contributed by atoms with Crippen molar-refractivity contribution in [3.8, 4) is 22.9 Å². The van der Waals surface area contributed by atoms with Gasteiger partial charge in [0, 0.05) is 50.2 Å². The Bertz CT molecular complexity index is 1590. The summed E-state index contributed by atoms with van der Waals surface area (Å²) in [5, 5.41) is 10.4. The van der Waals surface area contributed by atoms with E-state index in [1.165, 1.54) is 23.5 Å². The normalized spacial score (nSPS) is 10.8. The van der Waals surface area contributed by atoms with Crippen molar-refractivity contribution in [1.82, 2.24) is 24.4 Å². The highest BCUT2D eigenvalue weighted by Crippen LogP contribution is 2.40. The number of hydrogen-bond donors (Lipinski definition) is 1. The number of carbonyl (C=O) groups excluding carboxylic acids is 1. The summed E-state index contributed by atoms with van der Waals surface area (Å²) in [5.74, 6) is 0.379. The molecule has 4 rings (SSSR count). The predicted octanol–water partition coefficient (Wildman–Crippen LogP) is 3.30. The molecule has 0 aliphatic heterocycles. The molecule has 0 fully saturated rings. The molecule has 0 unspecified atom stereocenters. The largest absolute Gasteiger partial charge is 0.493 e. The highest BCUT2D eigenvalue weighted by molar-refractivity contribution is 6.32. The third kappa shape index (κ3) is 4.94. The van der Waals surface area contributed by atoms with Crippen molar-refractivity contribution in [1.29, 1.82) is 5.26 Å². The second kappa shape index (κ2) is 10.6. The van der Waals surface area contributed by atoms with E-state index in [1.54, 1.807) is 43.1 Å². The van der Waals surface area contributed by atoms with Gasteiger partial charge in [0.05, 0.1) is 17.2 Å². The first-order chi connectivity index (χ1) is 17.8. The quantitative estimate of drug-likeness (QED) is 0.393. The molecule has 0 aliphatic rings. The summed E-state index contributed by atoms with van der Waals surface area (Å²) in [7, 11) is 3.29. The summed E-state index contributed by atoms with van der Waals surface area (Å²) in [6.07, 6.45) is 4.94. The Morgan fingerprint density at radius 3 is 2.68 bits per heavy atom. The smallest absolute Gasteiger partial charge is 0.271 e. The molecule has 4 aromatic rings. The van der Waals surface area contributed by atoms with Gasteiger partial charge < -0.3 is 19.9 Å². The van der Waals surface area contributed by atoms with Crippen molar-refractivity contribution in [2.75, 3.05) is 26.4 Å². The van der Waals surface area contributed by atoms with Gasteiger partial charge in [-0.25, -0.2) is 9.97 Å². The van der Waals surface area contributed by atoms with Crippen LogP contribution in [0.15, 0.2) is 47.8 Å². The fourth-order valence-electron chi connectivity index (χ4n) is 4.04. The van der Waals surface area contributed by atoms with E-state index in [2.05, 4.69) is 21.0 Å². The maximum absolute atomic E-state index is 12.3. The maximum atomic E-state index is 12.3. The Labute approximate surface area is 217 Å². The molecule has 0 aliphatic carbocycles. The molecule has 3 heterocycles. The van der Waals surface area contributed by atoms with E-state index in [4.69, 9.17) is 22.1 Å². The number of anilines is 1. The van der Waals surface area contributed by atoms with Crippen LogP contribution in [0.5, 0.6) is 5.75 Å². The predicted molar refractivity (Wildman–Crippen MR) is 140 cm³/mol. The number of rotatable bonds is 7. The lowest BCUT2D eigenvalue weighted by molar-refractivity contribution is 0.0822. The van der Waals surface area contributed by atoms with Crippen LogP contribution in [-0.2, 0) is 13.0 Å². The van der Waals surface area contributed by atoms with Crippen LogP contribution < -0.4 is 15.9 Å². The average Bonchev–Trinajstić information content (AvgIpc) is 2.89. The number of aryl methyl sites for hydroxylation is 2. The number of halogens is 1. The van der Waals surface area contributed by atoms with Gasteiger partial charge in [0.1, 0.15) is 40.7 Å². The number of carbonyl (C=O) groups is 1. The molecular formula is C26H24ClN7O3. The van der Waals surface area contributed by atoms with E-state index in [1.807, 2.05) is 6.92 Å². The van der Waals surface area contributed by atoms with E-state index in [9.17, 15) is 14.9 Å². The Morgan fingerprint density at radius 2 is 2.03 bits per heavy atom. The lowest BCUT2D eigenvalue weighted by Gasteiger charge is -2.19. The van der Waals surface area contributed by atoms with Crippen LogP contribution in [0, 0.1) is 11.3 Å². The number of aromatic nitrogens is 4. The van der Waals surface area contributed by atoms with Crippen molar-refractivity contribution >= 4 is 34.4 Å². The van der Waals surface area contributed by atoms with Crippen LogP contribution >= 0.6 is 11.6 Å². The van der Waals surface area contributed by atoms with Gasteiger partial charge in [-0.15, -0.1) is 0 Å². The first-order valence-electron chi connectivity index (χ1n) is 11.4. The molecule has 2 N–H and O–H groups in total. The second-order valence-corrected chi connectivity index (χ2v) is 8.76. The summed E-state index contributed by atoms with van der Waals surface area (Å²) in [6.45, 7) is 2.62. The number of nitrogens with zero attached hydrogens (tertiary/aromatic N) is 6. The molecule has 188 valence electrons. The summed E-state index contributed by atoms with van der Waals surface area (Å²) in [5.41, 5.74) is 8.45. The van der Waals surface area contributed by atoms with Crippen LogP contribution in [0.1, 0.15) is 28.5 Å². The van der Waals surface area contributed by atoms with Gasteiger partial charge in [-0.05, 0) is 31.0 Å². The fourth-order valence-corrected chi connectivity index (χ4v) is 4.31. The minimum atomic E-state index is -0.258. The van der Waals surface area contributed by atoms with E-state index in [0.717, 1.165) is 5.56 Å². The minimum Gasteiger partial charge on any atom is -0.493 e. The summed E-state index contributed by atoms with van der Waals surface area (Å²) >= 11 is 6.55. The number of nitrogens with two attached hydrogens (primary N) is 1. The van der Waals surface area contributed by atoms with Crippen molar-refractivity contribution in [2.45, 2.75) is 19.9 Å². The van der Waals surface area contributed by atoms with Gasteiger partial charge in [0.25, 0.3) is 5.91 Å². The van der Waals surface area contributed by atoms with E-state index < -0.39 is 0 Å². The van der Waals surface area contributed by atoms with Gasteiger partial charge >= 0.3 is 0 Å². The zero-order chi connectivity index (χ0) is 26.7. The number of ether oxygens (including phenoxy) is 1. The van der Waals surface area contributed by atoms with Crippen molar-refractivity contribution in [2.24, 2.45) is 0 Å². The monoisotopic (exact) mass is 517 g/mol. The SMILES string of the molecule is CCOc1c(CCn2ccc(=O)c3c(N)ncnc32)cc(Cl)c(C#N)c1-c1ccc(C(=O)N(C)C)nc1. The molecule has 0 saturated heterocycles. The average molecular weight is 518 g/mol. The van der Waals surface area contributed by atoms with Crippen LogP contribution in [-0.4, -0.2) is 51.0 Å². The van der Waals surface area contributed by atoms with Crippen LogP contribution in [0.25, 0.3) is 22.2 Å². The number of amides is 1. The molecule has 0 radical (unpaired) electrons. The van der Waals surface area contributed by atoms with Crippen molar-refractivity contribution < 1.29 is 9.53 Å². The number of nitrogen functional groups attached to an aromatic ring is 1. The van der Waals surface area contributed by atoms with Gasteiger partial charge in [0.2, 0.25) is 0 Å². The number of benzene rings is 1. The number of fused-ring (bicyclic) bond motifs is 1. The van der Waals surface area contributed by atoms with Crippen LogP contribution in [0.3, 0.4) is 0 Å². The van der Waals surface area contributed by atoms with Crippen molar-refractivity contribution in [3.63, 3.8) is 0 Å². The fraction of sp³-hybridized carbons (Fsp3) is 0.231. The summed E-state index contributed by atoms with van der Waals surface area (Å²) < 4.78 is 7.84. The second-order valence-electron chi connectivity index (χ2n) is 8.35. The molecule has 3 aromatic heterocycles. The first-order valence-corrected chi connectivity index (χ1v) is 11.8. The zero-order valence-electron chi connectivity index (χ0n) is 20.5. The minimum absolute atomic E-state index is 0.117. The Morgan fingerprint density at radius 1 is 1.24 bits per heavy atom. The Hall–Kier alpha value is -4.49. The van der Waals surface area contributed by atoms with E-state index >= 15 is 0 Å². The Balaban J connectivity index is 1.80. The zero-order valence-corrected chi connectivity index (χ0v) is 21.3. The van der Waals surface area contributed by atoms with Gasteiger partial charge in [0.15, 0.2) is 5.43 Å². The molecule has 11 heteroatoms. The Kier molecular flexibility index (Phi) is 7.36. The van der Waals surface area contributed by atoms with E-state index in [0.29, 0.717) is 42.1 Å². The molecule has 10 nitrogen and oxygen atoms in total. The lowest BCUT2D eigenvalue weighted by Crippen LogP contribution is -2.22. The first kappa shape index (κ1) is 25.6. The van der Waals surface area contributed by atoms with Gasteiger partial charge in [-0.2, -0.15) is 5.26 Å². The molecule has 1 amide bonds. The number of pyridine rings is 2. The molecule has 1 aromatic carbocycles. The summed E-state index contributed by atoms with van der Waals surface area (Å²) in [6, 6.07) is 8.62. The number of hydrogen-bond acceptors (Lipinski definition) is 8. The van der Waals surface area contributed by atoms with Crippen molar-refractivity contribution in [3.05, 3.63) is 75.1 Å². The van der Waals surface area contributed by atoms with E-state index in [-0.39, 0.29) is 38.8 Å². The number of nitriles is 1. The highest BCUT2D eigenvalue weighted by Gasteiger charge is 2.21. The lowest BCUT2D eigenvalue weighted by atomic mass is 9.95. The third-order valence-corrected chi connectivity index (χ3v) is 6.09. The molecule has 0 spiro atoms. The van der Waals surface area contributed by atoms with Gasteiger partial charge in [-0.1, -0.05) is 17.7 Å². The molecule has 0 saturated carbocycles. The standard InChI is InChI=1S/C26H24ClN7O3/c1-4-37-23-15(7-9-34-10-8-20(35)22-24(29)31-14-32-25(22)34)11-18(27)17(12-28)21(23)16-5-6-19(30-13-16)26(36)33(2)3/h5-6,8,10-11,13-14H,4,7,9H2,1-3H3,(H2,29,31,32). The van der Waals surface area contributed by atoms with Crippen LogP contribution in [0.4, 0.5) is 5.82 Å². The molecule has 37 heavy (non-hydrogen) atoms. The summed E-state index contributed by atoms with van der Waals surface area (Å²) in [4.78, 5) is 38.5. The van der Waals surface area contributed by atoms with Gasteiger partial charge in [-0.3, -0.25) is 14.6 Å². The molecular weight excluding hydrogens is 494 g/mol. The van der Waals surface area contributed by atoms with Crippen LogP contribution in [0.2, 0.25) is 5.02 Å². The maximum Gasteiger partial charge on any atom is 0.271 e. The topological polar surface area (TPSA) is 140 Å². The molecule has 0 bridgehead atoms. The molecule has 0 atom stereocenters. The third-order valence-electron chi connectivity index (χ3n) is 5.79. The highest BCUT2D eigenvalue weighted by atomic mass is 35.5.